The molecule has 1 rings (SSSR count). The summed E-state index contributed by atoms with van der Waals surface area (Å²) >= 11 is 0. The second kappa shape index (κ2) is 8.91. The summed E-state index contributed by atoms with van der Waals surface area (Å²) in [6.07, 6.45) is 4.73. The molecule has 0 bridgehead atoms. The Morgan fingerprint density at radius 3 is 2.50 bits per heavy atom. The van der Waals surface area contributed by atoms with Gasteiger partial charge in [0.1, 0.15) is 5.60 Å². The zero-order valence-corrected chi connectivity index (χ0v) is 16.3. The maximum absolute atomic E-state index is 12.3. The van der Waals surface area contributed by atoms with E-state index in [9.17, 15) is 4.79 Å². The number of ether oxygens (including phenoxy) is 1. The number of anilines is 1. The van der Waals surface area contributed by atoms with Crippen LogP contribution in [0, 0.1) is 0 Å². The molecule has 1 aromatic carbocycles. The van der Waals surface area contributed by atoms with Crippen molar-refractivity contribution >= 4 is 17.2 Å². The Labute approximate surface area is 147 Å². The summed E-state index contributed by atoms with van der Waals surface area (Å²) in [5, 5.41) is 3.52. The fourth-order valence-electron chi connectivity index (χ4n) is 2.54. The first kappa shape index (κ1) is 20.3. The number of rotatable bonds is 7. The third-order valence-electron chi connectivity index (χ3n) is 3.50. The van der Waals surface area contributed by atoms with Crippen LogP contribution < -0.4 is 5.32 Å². The molecule has 0 saturated heterocycles. The van der Waals surface area contributed by atoms with Crippen molar-refractivity contribution in [1.29, 1.82) is 0 Å². The van der Waals surface area contributed by atoms with E-state index in [4.69, 9.17) is 4.74 Å². The minimum atomic E-state index is -0.461. The fourth-order valence-corrected chi connectivity index (χ4v) is 2.54. The molecule has 0 spiro atoms. The molecule has 24 heavy (non-hydrogen) atoms. The van der Waals surface area contributed by atoms with Crippen molar-refractivity contribution in [3.8, 4) is 0 Å². The number of allylic oxidation sites excluding steroid dienone is 2. The smallest absolute Gasteiger partial charge is 0.310 e. The second-order valence-electron chi connectivity index (χ2n) is 7.58. The van der Waals surface area contributed by atoms with Crippen molar-refractivity contribution < 1.29 is 9.53 Å². The van der Waals surface area contributed by atoms with E-state index in [-0.39, 0.29) is 12.4 Å². The van der Waals surface area contributed by atoms with Gasteiger partial charge in [0.05, 0.1) is 6.42 Å². The number of unbranched alkanes of at least 4 members (excludes halogenated alkanes) is 1. The van der Waals surface area contributed by atoms with Gasteiger partial charge in [0.25, 0.3) is 0 Å². The molecule has 0 unspecified atom stereocenters. The Kier molecular flexibility index (Phi) is 7.53. The summed E-state index contributed by atoms with van der Waals surface area (Å²) in [4.78, 5) is 12.3. The lowest BCUT2D eigenvalue weighted by Gasteiger charge is -2.22. The van der Waals surface area contributed by atoms with E-state index < -0.39 is 5.60 Å². The van der Waals surface area contributed by atoms with E-state index in [1.165, 1.54) is 11.1 Å². The van der Waals surface area contributed by atoms with Crippen molar-refractivity contribution in [3.05, 3.63) is 35.4 Å². The van der Waals surface area contributed by atoms with Gasteiger partial charge in [0, 0.05) is 17.3 Å². The SMILES string of the molecule is CCC/C=C(/C)c1cccc(CC(=O)OC(C)(C)C)c1NC(C)C. The van der Waals surface area contributed by atoms with Crippen molar-refractivity contribution in [3.63, 3.8) is 0 Å². The molecule has 0 aliphatic rings. The van der Waals surface area contributed by atoms with Gasteiger partial charge in [-0.2, -0.15) is 0 Å². The average Bonchev–Trinajstić information content (AvgIpc) is 2.44. The highest BCUT2D eigenvalue weighted by molar-refractivity contribution is 5.82. The van der Waals surface area contributed by atoms with Gasteiger partial charge in [-0.05, 0) is 59.1 Å². The summed E-state index contributed by atoms with van der Waals surface area (Å²) in [7, 11) is 0. The van der Waals surface area contributed by atoms with E-state index in [2.05, 4.69) is 45.2 Å². The molecule has 3 nitrogen and oxygen atoms in total. The third kappa shape index (κ3) is 6.77. The molecule has 1 aromatic rings. The molecule has 134 valence electrons. The lowest BCUT2D eigenvalue weighted by Crippen LogP contribution is -2.25. The van der Waals surface area contributed by atoms with E-state index in [1.807, 2.05) is 32.9 Å². The predicted molar refractivity (Wildman–Crippen MR) is 103 cm³/mol. The minimum absolute atomic E-state index is 0.193. The van der Waals surface area contributed by atoms with Crippen molar-refractivity contribution in [2.45, 2.75) is 79.4 Å². The molecule has 0 aliphatic carbocycles. The Morgan fingerprint density at radius 2 is 1.96 bits per heavy atom. The van der Waals surface area contributed by atoms with Crippen molar-refractivity contribution in [1.82, 2.24) is 0 Å². The number of benzene rings is 1. The van der Waals surface area contributed by atoms with Crippen LogP contribution in [0.25, 0.3) is 5.57 Å². The highest BCUT2D eigenvalue weighted by Crippen LogP contribution is 2.29. The normalized spacial score (nSPS) is 12.4. The van der Waals surface area contributed by atoms with Gasteiger partial charge >= 0.3 is 5.97 Å². The van der Waals surface area contributed by atoms with Crippen LogP contribution in [0.2, 0.25) is 0 Å². The van der Waals surface area contributed by atoms with Gasteiger partial charge in [-0.25, -0.2) is 0 Å². The molecule has 0 fully saturated rings. The minimum Gasteiger partial charge on any atom is -0.460 e. The van der Waals surface area contributed by atoms with E-state index in [0.717, 1.165) is 24.1 Å². The summed E-state index contributed by atoms with van der Waals surface area (Å²) in [6.45, 7) is 14.2. The lowest BCUT2D eigenvalue weighted by molar-refractivity contribution is -0.153. The van der Waals surface area contributed by atoms with E-state index >= 15 is 0 Å². The highest BCUT2D eigenvalue weighted by Gasteiger charge is 2.19. The van der Waals surface area contributed by atoms with Crippen LogP contribution in [-0.2, 0) is 16.0 Å². The number of nitrogens with one attached hydrogen (secondary N) is 1. The summed E-state index contributed by atoms with van der Waals surface area (Å²) in [5.74, 6) is -0.193. The topological polar surface area (TPSA) is 38.3 Å². The quantitative estimate of drug-likeness (QED) is 0.661. The van der Waals surface area contributed by atoms with Crippen LogP contribution in [0.5, 0.6) is 0 Å². The largest absolute Gasteiger partial charge is 0.460 e. The van der Waals surface area contributed by atoms with Crippen LogP contribution in [0.1, 0.15) is 72.4 Å². The zero-order valence-electron chi connectivity index (χ0n) is 16.3. The number of carbonyl (C=O) groups is 1. The Bertz CT molecular complexity index is 580. The Balaban J connectivity index is 3.17. The van der Waals surface area contributed by atoms with Gasteiger partial charge in [0.15, 0.2) is 0 Å². The van der Waals surface area contributed by atoms with Crippen LogP contribution in [0.3, 0.4) is 0 Å². The molecule has 0 amide bonds. The molecule has 0 aromatic heterocycles. The first-order chi connectivity index (χ1) is 11.1. The predicted octanol–water partition coefficient (Wildman–Crippen LogP) is 5.59. The van der Waals surface area contributed by atoms with Crippen LogP contribution in [-0.4, -0.2) is 17.6 Å². The van der Waals surface area contributed by atoms with Crippen LogP contribution >= 0.6 is 0 Å². The molecule has 0 radical (unpaired) electrons. The third-order valence-corrected chi connectivity index (χ3v) is 3.50. The summed E-state index contributed by atoms with van der Waals surface area (Å²) < 4.78 is 5.49. The summed E-state index contributed by atoms with van der Waals surface area (Å²) in [5.41, 5.74) is 3.98. The maximum atomic E-state index is 12.3. The van der Waals surface area contributed by atoms with Gasteiger partial charge < -0.3 is 10.1 Å². The molecule has 0 aliphatic heterocycles. The first-order valence-electron chi connectivity index (χ1n) is 8.91. The summed E-state index contributed by atoms with van der Waals surface area (Å²) in [6, 6.07) is 6.43. The lowest BCUT2D eigenvalue weighted by atomic mass is 9.97. The highest BCUT2D eigenvalue weighted by atomic mass is 16.6. The monoisotopic (exact) mass is 331 g/mol. The zero-order chi connectivity index (χ0) is 18.3. The fraction of sp³-hybridized carbons (Fsp3) is 0.571. The molecule has 1 N–H and O–H groups in total. The van der Waals surface area contributed by atoms with Gasteiger partial charge in [-0.15, -0.1) is 0 Å². The second-order valence-corrected chi connectivity index (χ2v) is 7.58. The van der Waals surface area contributed by atoms with Gasteiger partial charge in [0.2, 0.25) is 0 Å². The van der Waals surface area contributed by atoms with E-state index in [0.29, 0.717) is 6.04 Å². The Morgan fingerprint density at radius 1 is 1.29 bits per heavy atom. The van der Waals surface area contributed by atoms with Gasteiger partial charge in [-0.1, -0.05) is 37.6 Å². The Hall–Kier alpha value is -1.77. The number of carbonyl (C=O) groups excluding carboxylic acids is 1. The van der Waals surface area contributed by atoms with Crippen molar-refractivity contribution in [2.75, 3.05) is 5.32 Å². The average molecular weight is 332 g/mol. The molecule has 0 atom stereocenters. The molecular formula is C21H33NO2. The first-order valence-corrected chi connectivity index (χ1v) is 8.91. The van der Waals surface area contributed by atoms with Crippen LogP contribution in [0.4, 0.5) is 5.69 Å². The standard InChI is InChI=1S/C21H33NO2/c1-8-9-11-16(4)18-13-10-12-17(20(18)22-15(2)3)14-19(23)24-21(5,6)7/h10-13,15,22H,8-9,14H2,1-7H3/b16-11-. The van der Waals surface area contributed by atoms with E-state index in [1.54, 1.807) is 0 Å². The maximum Gasteiger partial charge on any atom is 0.310 e. The number of esters is 1. The molecular weight excluding hydrogens is 298 g/mol. The van der Waals surface area contributed by atoms with Crippen LogP contribution in [0.15, 0.2) is 24.3 Å². The molecule has 0 heterocycles. The number of hydrogen-bond donors (Lipinski definition) is 1. The van der Waals surface area contributed by atoms with Gasteiger partial charge in [-0.3, -0.25) is 4.79 Å². The molecule has 3 heteroatoms. The van der Waals surface area contributed by atoms with Crippen molar-refractivity contribution in [2.24, 2.45) is 0 Å². The number of para-hydroxylation sites is 1. The molecule has 0 saturated carbocycles. The number of hydrogen-bond acceptors (Lipinski definition) is 3.